The van der Waals surface area contributed by atoms with Crippen molar-refractivity contribution in [2.24, 2.45) is 0 Å². The maximum absolute atomic E-state index is 11.5. The molecule has 0 heterocycles. The average Bonchev–Trinajstić information content (AvgIpc) is 2.38. The van der Waals surface area contributed by atoms with E-state index in [9.17, 15) is 14.9 Å². The molecule has 1 aromatic rings. The van der Waals surface area contributed by atoms with Gasteiger partial charge < -0.3 is 5.32 Å². The number of nitro groups is 1. The van der Waals surface area contributed by atoms with E-state index in [0.717, 1.165) is 12.0 Å². The summed E-state index contributed by atoms with van der Waals surface area (Å²) in [5, 5.41) is 13.5. The van der Waals surface area contributed by atoms with Crippen molar-refractivity contribution in [3.05, 3.63) is 39.9 Å². The summed E-state index contributed by atoms with van der Waals surface area (Å²) >= 11 is 1.45. The number of nitro benzene ring substituents is 1. The van der Waals surface area contributed by atoms with Crippen LogP contribution in [0, 0.1) is 10.1 Å². The van der Waals surface area contributed by atoms with Crippen molar-refractivity contribution in [3.63, 3.8) is 0 Å². The fourth-order valence-corrected chi connectivity index (χ4v) is 2.23. The second kappa shape index (κ2) is 7.78. The molecule has 1 N–H and O–H groups in total. The van der Waals surface area contributed by atoms with E-state index in [0.29, 0.717) is 11.5 Å². The van der Waals surface area contributed by atoms with Gasteiger partial charge in [0.15, 0.2) is 0 Å². The highest BCUT2D eigenvalue weighted by atomic mass is 32.2. The molecule has 0 saturated carbocycles. The lowest BCUT2D eigenvalue weighted by Crippen LogP contribution is -2.33. The number of carbonyl (C=O) groups excluding carboxylic acids is 1. The zero-order chi connectivity index (χ0) is 14.3. The van der Waals surface area contributed by atoms with E-state index < -0.39 is 4.92 Å². The van der Waals surface area contributed by atoms with Crippen LogP contribution >= 0.6 is 11.8 Å². The fraction of sp³-hybridized carbons (Fsp3) is 0.462. The van der Waals surface area contributed by atoms with Gasteiger partial charge in [-0.3, -0.25) is 14.9 Å². The lowest BCUT2D eigenvalue weighted by atomic mass is 10.2. The Bertz CT molecular complexity index is 451. The van der Waals surface area contributed by atoms with Crippen molar-refractivity contribution in [3.8, 4) is 0 Å². The number of benzene rings is 1. The Hall–Kier alpha value is -1.56. The Balaban J connectivity index is 2.39. The van der Waals surface area contributed by atoms with Crippen LogP contribution in [0.1, 0.15) is 25.8 Å². The number of amides is 1. The number of carbonyl (C=O) groups is 1. The Labute approximate surface area is 116 Å². The summed E-state index contributed by atoms with van der Waals surface area (Å²) in [7, 11) is 0. The SMILES string of the molecule is CC[C@@H](C)NC(=O)CSCc1cccc([N+](=O)[O-])c1. The lowest BCUT2D eigenvalue weighted by molar-refractivity contribution is -0.384. The van der Waals surface area contributed by atoms with Gasteiger partial charge in [-0.2, -0.15) is 0 Å². The van der Waals surface area contributed by atoms with Crippen LogP contribution in [0.4, 0.5) is 5.69 Å². The van der Waals surface area contributed by atoms with E-state index in [4.69, 9.17) is 0 Å². The predicted molar refractivity (Wildman–Crippen MR) is 77.2 cm³/mol. The molecule has 5 nitrogen and oxygen atoms in total. The summed E-state index contributed by atoms with van der Waals surface area (Å²) in [4.78, 5) is 21.7. The van der Waals surface area contributed by atoms with E-state index in [1.165, 1.54) is 17.8 Å². The molecule has 1 aromatic carbocycles. The van der Waals surface area contributed by atoms with Gasteiger partial charge in [0.1, 0.15) is 0 Å². The topological polar surface area (TPSA) is 72.2 Å². The summed E-state index contributed by atoms with van der Waals surface area (Å²) in [5.74, 6) is 0.965. The smallest absolute Gasteiger partial charge is 0.269 e. The van der Waals surface area contributed by atoms with Crippen LogP contribution in [0.3, 0.4) is 0 Å². The second-order valence-corrected chi connectivity index (χ2v) is 5.28. The highest BCUT2D eigenvalue weighted by Crippen LogP contribution is 2.17. The molecular formula is C13H18N2O3S. The molecule has 0 aliphatic carbocycles. The normalized spacial score (nSPS) is 11.9. The van der Waals surface area contributed by atoms with Crippen LogP contribution in [0.25, 0.3) is 0 Å². The first kappa shape index (κ1) is 15.5. The summed E-state index contributed by atoms with van der Waals surface area (Å²) in [6.45, 7) is 3.98. The standard InChI is InChI=1S/C13H18N2O3S/c1-3-10(2)14-13(16)9-19-8-11-5-4-6-12(7-11)15(17)18/h4-7,10H,3,8-9H2,1-2H3,(H,14,16)/t10-/m1/s1. The van der Waals surface area contributed by atoms with E-state index in [2.05, 4.69) is 5.32 Å². The number of nitrogens with one attached hydrogen (secondary N) is 1. The average molecular weight is 282 g/mol. The summed E-state index contributed by atoms with van der Waals surface area (Å²) in [5.41, 5.74) is 0.942. The van der Waals surface area contributed by atoms with Crippen molar-refractivity contribution in [1.29, 1.82) is 0 Å². The molecule has 0 aromatic heterocycles. The Morgan fingerprint density at radius 2 is 2.26 bits per heavy atom. The van der Waals surface area contributed by atoms with Crippen molar-refractivity contribution in [2.45, 2.75) is 32.1 Å². The summed E-state index contributed by atoms with van der Waals surface area (Å²) < 4.78 is 0. The van der Waals surface area contributed by atoms with Gasteiger partial charge in [-0.05, 0) is 18.9 Å². The summed E-state index contributed by atoms with van der Waals surface area (Å²) in [6, 6.07) is 6.68. The van der Waals surface area contributed by atoms with Gasteiger partial charge in [0.2, 0.25) is 5.91 Å². The number of hydrogen-bond acceptors (Lipinski definition) is 4. The zero-order valence-electron chi connectivity index (χ0n) is 11.1. The van der Waals surface area contributed by atoms with Gasteiger partial charge in [0.05, 0.1) is 10.7 Å². The molecule has 104 valence electrons. The predicted octanol–water partition coefficient (Wildman–Crippen LogP) is 2.74. The van der Waals surface area contributed by atoms with E-state index in [-0.39, 0.29) is 17.6 Å². The molecule has 0 fully saturated rings. The van der Waals surface area contributed by atoms with Gasteiger partial charge in [-0.25, -0.2) is 0 Å². The Morgan fingerprint density at radius 3 is 2.89 bits per heavy atom. The third-order valence-electron chi connectivity index (χ3n) is 2.64. The third-order valence-corrected chi connectivity index (χ3v) is 3.65. The molecule has 0 spiro atoms. The van der Waals surface area contributed by atoms with Crippen LogP contribution < -0.4 is 5.32 Å². The van der Waals surface area contributed by atoms with Gasteiger partial charge in [0, 0.05) is 23.9 Å². The molecule has 0 unspecified atom stereocenters. The minimum atomic E-state index is -0.413. The first-order valence-corrected chi connectivity index (χ1v) is 7.28. The lowest BCUT2D eigenvalue weighted by Gasteiger charge is -2.10. The molecule has 1 rings (SSSR count). The first-order chi connectivity index (χ1) is 9.02. The first-order valence-electron chi connectivity index (χ1n) is 6.13. The van der Waals surface area contributed by atoms with E-state index >= 15 is 0 Å². The molecule has 0 aliphatic rings. The number of thioether (sulfide) groups is 1. The highest BCUT2D eigenvalue weighted by Gasteiger charge is 2.08. The van der Waals surface area contributed by atoms with Crippen LogP contribution in [0.15, 0.2) is 24.3 Å². The molecular weight excluding hydrogens is 264 g/mol. The van der Waals surface area contributed by atoms with Crippen molar-refractivity contribution >= 4 is 23.4 Å². The van der Waals surface area contributed by atoms with Crippen LogP contribution in [-0.2, 0) is 10.5 Å². The monoisotopic (exact) mass is 282 g/mol. The quantitative estimate of drug-likeness (QED) is 0.616. The number of hydrogen-bond donors (Lipinski definition) is 1. The zero-order valence-corrected chi connectivity index (χ0v) is 11.9. The van der Waals surface area contributed by atoms with E-state index in [1.54, 1.807) is 12.1 Å². The minimum absolute atomic E-state index is 0.00443. The van der Waals surface area contributed by atoms with E-state index in [1.807, 2.05) is 19.9 Å². The fourth-order valence-electron chi connectivity index (χ4n) is 1.44. The summed E-state index contributed by atoms with van der Waals surface area (Å²) in [6.07, 6.45) is 0.904. The highest BCUT2D eigenvalue weighted by molar-refractivity contribution is 7.99. The molecule has 0 aliphatic heterocycles. The Kier molecular flexibility index (Phi) is 6.35. The second-order valence-electron chi connectivity index (χ2n) is 4.30. The molecule has 1 atom stereocenters. The number of nitrogens with zero attached hydrogens (tertiary/aromatic N) is 1. The molecule has 1 amide bonds. The van der Waals surface area contributed by atoms with Crippen LogP contribution in [0.5, 0.6) is 0 Å². The number of rotatable bonds is 7. The molecule has 6 heteroatoms. The van der Waals surface area contributed by atoms with Crippen molar-refractivity contribution in [1.82, 2.24) is 5.32 Å². The molecule has 0 saturated heterocycles. The van der Waals surface area contributed by atoms with Crippen molar-refractivity contribution < 1.29 is 9.72 Å². The van der Waals surface area contributed by atoms with Gasteiger partial charge in [-0.15, -0.1) is 11.8 Å². The Morgan fingerprint density at radius 1 is 1.53 bits per heavy atom. The van der Waals surface area contributed by atoms with Gasteiger partial charge in [-0.1, -0.05) is 19.1 Å². The van der Waals surface area contributed by atoms with Gasteiger partial charge >= 0.3 is 0 Å². The largest absolute Gasteiger partial charge is 0.353 e. The number of non-ortho nitro benzene ring substituents is 1. The maximum Gasteiger partial charge on any atom is 0.269 e. The van der Waals surface area contributed by atoms with Crippen LogP contribution in [-0.4, -0.2) is 22.6 Å². The maximum atomic E-state index is 11.5. The third kappa shape index (κ3) is 5.74. The molecule has 0 radical (unpaired) electrons. The van der Waals surface area contributed by atoms with Crippen molar-refractivity contribution in [2.75, 3.05) is 5.75 Å². The van der Waals surface area contributed by atoms with Crippen LogP contribution in [0.2, 0.25) is 0 Å². The molecule has 19 heavy (non-hydrogen) atoms. The molecule has 0 bridgehead atoms. The minimum Gasteiger partial charge on any atom is -0.353 e. The van der Waals surface area contributed by atoms with Gasteiger partial charge in [0.25, 0.3) is 5.69 Å².